The molecule has 0 unspecified atom stereocenters. The highest BCUT2D eigenvalue weighted by Crippen LogP contribution is 2.08. The molecule has 0 fully saturated rings. The molecule has 0 atom stereocenters. The van der Waals surface area contributed by atoms with Crippen LogP contribution in [0.1, 0.15) is 6.42 Å². The van der Waals surface area contributed by atoms with Crippen LogP contribution in [-0.4, -0.2) is 13.1 Å². The maximum Gasteiger partial charge on any atom is 0.125 e. The average Bonchev–Trinajstić information content (AvgIpc) is 2.05. The normalized spacial score (nSPS) is 9.83. The zero-order valence-electron chi connectivity index (χ0n) is 6.89. The van der Waals surface area contributed by atoms with E-state index in [0.29, 0.717) is 6.54 Å². The Hall–Kier alpha value is -1.09. The van der Waals surface area contributed by atoms with E-state index in [1.54, 1.807) is 6.07 Å². The van der Waals surface area contributed by atoms with Crippen LogP contribution in [0.4, 0.5) is 10.1 Å². The van der Waals surface area contributed by atoms with Crippen LogP contribution in [0.2, 0.25) is 0 Å². The van der Waals surface area contributed by atoms with Crippen molar-refractivity contribution in [3.63, 3.8) is 0 Å². The van der Waals surface area contributed by atoms with Gasteiger partial charge >= 0.3 is 0 Å². The fourth-order valence-electron chi connectivity index (χ4n) is 0.933. The van der Waals surface area contributed by atoms with Crippen LogP contribution in [0, 0.1) is 5.82 Å². The number of benzene rings is 1. The number of hydrogen-bond acceptors (Lipinski definition) is 2. The van der Waals surface area contributed by atoms with Crippen molar-refractivity contribution in [1.82, 2.24) is 0 Å². The largest absolute Gasteiger partial charge is 0.385 e. The highest BCUT2D eigenvalue weighted by Gasteiger charge is 1.92. The smallest absolute Gasteiger partial charge is 0.125 e. The number of rotatable bonds is 4. The van der Waals surface area contributed by atoms with Crippen LogP contribution in [0.5, 0.6) is 0 Å². The van der Waals surface area contributed by atoms with Crippen LogP contribution in [0.15, 0.2) is 24.3 Å². The summed E-state index contributed by atoms with van der Waals surface area (Å²) in [5.74, 6) is -0.215. The SMILES string of the molecule is NCCCNc1cccc(F)c1. The van der Waals surface area contributed by atoms with Gasteiger partial charge in [0.25, 0.3) is 0 Å². The van der Waals surface area contributed by atoms with E-state index >= 15 is 0 Å². The minimum Gasteiger partial charge on any atom is -0.385 e. The molecule has 0 bridgehead atoms. The highest BCUT2D eigenvalue weighted by molar-refractivity contribution is 5.42. The Morgan fingerprint density at radius 1 is 1.42 bits per heavy atom. The molecule has 0 radical (unpaired) electrons. The first kappa shape index (κ1) is 9.00. The zero-order chi connectivity index (χ0) is 8.81. The van der Waals surface area contributed by atoms with Crippen LogP contribution in [-0.2, 0) is 0 Å². The van der Waals surface area contributed by atoms with Crippen molar-refractivity contribution in [3.8, 4) is 0 Å². The van der Waals surface area contributed by atoms with Gasteiger partial charge in [0, 0.05) is 12.2 Å². The summed E-state index contributed by atoms with van der Waals surface area (Å²) in [4.78, 5) is 0. The third kappa shape index (κ3) is 2.88. The van der Waals surface area contributed by atoms with Gasteiger partial charge in [0.1, 0.15) is 5.82 Å². The third-order valence-electron chi connectivity index (χ3n) is 1.53. The molecular weight excluding hydrogens is 155 g/mol. The van der Waals surface area contributed by atoms with Gasteiger partial charge in [-0.2, -0.15) is 0 Å². The molecule has 0 aliphatic rings. The van der Waals surface area contributed by atoms with E-state index in [-0.39, 0.29) is 5.82 Å². The van der Waals surface area contributed by atoms with E-state index in [4.69, 9.17) is 5.73 Å². The van der Waals surface area contributed by atoms with Crippen molar-refractivity contribution in [1.29, 1.82) is 0 Å². The van der Waals surface area contributed by atoms with Crippen molar-refractivity contribution < 1.29 is 4.39 Å². The summed E-state index contributed by atoms with van der Waals surface area (Å²) in [5.41, 5.74) is 6.12. The molecule has 0 aliphatic heterocycles. The van der Waals surface area contributed by atoms with Gasteiger partial charge in [-0.05, 0) is 31.2 Å². The standard InChI is InChI=1S/C9H13FN2/c10-8-3-1-4-9(7-8)12-6-2-5-11/h1,3-4,7,12H,2,5-6,11H2. The van der Waals surface area contributed by atoms with Gasteiger partial charge in [-0.3, -0.25) is 0 Å². The van der Waals surface area contributed by atoms with Gasteiger partial charge in [0.2, 0.25) is 0 Å². The second kappa shape index (κ2) is 4.72. The topological polar surface area (TPSA) is 38.0 Å². The minimum atomic E-state index is -0.215. The zero-order valence-corrected chi connectivity index (χ0v) is 6.89. The Balaban J connectivity index is 2.41. The van der Waals surface area contributed by atoms with E-state index in [0.717, 1.165) is 18.7 Å². The Morgan fingerprint density at radius 2 is 2.25 bits per heavy atom. The van der Waals surface area contributed by atoms with Gasteiger partial charge in [-0.15, -0.1) is 0 Å². The van der Waals surface area contributed by atoms with Crippen molar-refractivity contribution in [3.05, 3.63) is 30.1 Å². The van der Waals surface area contributed by atoms with Crippen molar-refractivity contribution in [2.45, 2.75) is 6.42 Å². The molecule has 0 saturated heterocycles. The summed E-state index contributed by atoms with van der Waals surface area (Å²) in [6.45, 7) is 1.45. The van der Waals surface area contributed by atoms with Crippen LogP contribution in [0.3, 0.4) is 0 Å². The molecule has 12 heavy (non-hydrogen) atoms. The van der Waals surface area contributed by atoms with Gasteiger partial charge in [0.15, 0.2) is 0 Å². The lowest BCUT2D eigenvalue weighted by Gasteiger charge is -2.04. The van der Waals surface area contributed by atoms with Crippen LogP contribution in [0.25, 0.3) is 0 Å². The summed E-state index contributed by atoms with van der Waals surface area (Å²) < 4.78 is 12.6. The minimum absolute atomic E-state index is 0.215. The molecule has 1 rings (SSSR count). The third-order valence-corrected chi connectivity index (χ3v) is 1.53. The molecule has 1 aromatic rings. The number of nitrogens with one attached hydrogen (secondary N) is 1. The molecule has 0 saturated carbocycles. The van der Waals surface area contributed by atoms with E-state index in [1.165, 1.54) is 12.1 Å². The molecule has 0 aromatic heterocycles. The Bertz CT molecular complexity index is 238. The highest BCUT2D eigenvalue weighted by atomic mass is 19.1. The Labute approximate surface area is 71.6 Å². The van der Waals surface area contributed by atoms with E-state index in [2.05, 4.69) is 5.32 Å². The number of anilines is 1. The molecule has 0 amide bonds. The summed E-state index contributed by atoms with van der Waals surface area (Å²) in [5, 5.41) is 3.07. The second-order valence-electron chi connectivity index (χ2n) is 2.58. The molecule has 0 heterocycles. The quantitative estimate of drug-likeness (QED) is 0.670. The van der Waals surface area contributed by atoms with Crippen molar-refractivity contribution in [2.75, 3.05) is 18.4 Å². The summed E-state index contributed by atoms with van der Waals surface area (Å²) in [6, 6.07) is 6.41. The maximum atomic E-state index is 12.6. The molecule has 0 aliphatic carbocycles. The molecule has 66 valence electrons. The number of halogens is 1. The Kier molecular flexibility index (Phi) is 3.54. The van der Waals surface area contributed by atoms with Gasteiger partial charge < -0.3 is 11.1 Å². The first-order valence-corrected chi connectivity index (χ1v) is 4.02. The Morgan fingerprint density at radius 3 is 2.92 bits per heavy atom. The number of hydrogen-bond donors (Lipinski definition) is 2. The molecule has 1 aromatic carbocycles. The summed E-state index contributed by atoms with van der Waals surface area (Å²) >= 11 is 0. The first-order chi connectivity index (χ1) is 5.83. The fourth-order valence-corrected chi connectivity index (χ4v) is 0.933. The maximum absolute atomic E-state index is 12.6. The lowest BCUT2D eigenvalue weighted by molar-refractivity contribution is 0.628. The molecule has 3 N–H and O–H groups in total. The summed E-state index contributed by atoms with van der Waals surface area (Å²) in [6.07, 6.45) is 0.899. The average molecular weight is 168 g/mol. The number of nitrogens with two attached hydrogens (primary N) is 1. The van der Waals surface area contributed by atoms with E-state index in [9.17, 15) is 4.39 Å². The molecule has 3 heteroatoms. The second-order valence-corrected chi connectivity index (χ2v) is 2.58. The van der Waals surface area contributed by atoms with Gasteiger partial charge in [-0.1, -0.05) is 6.07 Å². The van der Waals surface area contributed by atoms with E-state index < -0.39 is 0 Å². The monoisotopic (exact) mass is 168 g/mol. The van der Waals surface area contributed by atoms with Crippen molar-refractivity contribution >= 4 is 5.69 Å². The van der Waals surface area contributed by atoms with Gasteiger partial charge in [-0.25, -0.2) is 4.39 Å². The predicted octanol–water partition coefficient (Wildman–Crippen LogP) is 1.59. The lowest BCUT2D eigenvalue weighted by Crippen LogP contribution is -2.08. The molecular formula is C9H13FN2. The predicted molar refractivity (Wildman–Crippen MR) is 48.6 cm³/mol. The lowest BCUT2D eigenvalue weighted by atomic mass is 10.3. The fraction of sp³-hybridized carbons (Fsp3) is 0.333. The molecule has 2 nitrogen and oxygen atoms in total. The van der Waals surface area contributed by atoms with E-state index in [1.807, 2.05) is 6.07 Å². The van der Waals surface area contributed by atoms with Crippen LogP contribution < -0.4 is 11.1 Å². The summed E-state index contributed by atoms with van der Waals surface area (Å²) in [7, 11) is 0. The first-order valence-electron chi connectivity index (χ1n) is 4.02. The molecule has 0 spiro atoms. The van der Waals surface area contributed by atoms with Crippen LogP contribution >= 0.6 is 0 Å². The van der Waals surface area contributed by atoms with Crippen molar-refractivity contribution in [2.24, 2.45) is 5.73 Å². The van der Waals surface area contributed by atoms with Gasteiger partial charge in [0.05, 0.1) is 0 Å².